The highest BCUT2D eigenvalue weighted by molar-refractivity contribution is 7.15. The van der Waals surface area contributed by atoms with Crippen molar-refractivity contribution in [2.45, 2.75) is 25.4 Å². The van der Waals surface area contributed by atoms with Gasteiger partial charge in [0.25, 0.3) is 0 Å². The van der Waals surface area contributed by atoms with E-state index < -0.39 is 0 Å². The molecule has 0 aromatic carbocycles. The number of aliphatic hydroxyl groups excluding tert-OH is 1. The van der Waals surface area contributed by atoms with Crippen molar-refractivity contribution in [2.24, 2.45) is 7.05 Å². The van der Waals surface area contributed by atoms with Crippen molar-refractivity contribution in [3.63, 3.8) is 0 Å². The third kappa shape index (κ3) is 1.56. The zero-order chi connectivity index (χ0) is 11.1. The predicted molar refractivity (Wildman–Crippen MR) is 62.2 cm³/mol. The third-order valence-electron chi connectivity index (χ3n) is 2.88. The fraction of sp³-hybridized carbons (Fsp3) is 0.455. The number of fused-ring (bicyclic) bond motifs is 1. The van der Waals surface area contributed by atoms with Crippen molar-refractivity contribution in [3.05, 3.63) is 23.0 Å². The molecule has 2 aromatic heterocycles. The summed E-state index contributed by atoms with van der Waals surface area (Å²) in [6.07, 6.45) is 6.34. The fourth-order valence-corrected chi connectivity index (χ4v) is 3.18. The quantitative estimate of drug-likeness (QED) is 0.821. The van der Waals surface area contributed by atoms with Crippen LogP contribution in [0, 0.1) is 0 Å². The standard InChI is InChI=1S/C11H13N3OS/c1-14-6-7(5-12-14)11-13-10-8(15)3-2-4-9(10)16-11/h5-6,8,15H,2-4H2,1H3. The number of hydrogen-bond donors (Lipinski definition) is 1. The largest absolute Gasteiger partial charge is 0.387 e. The lowest BCUT2D eigenvalue weighted by Gasteiger charge is -2.14. The average molecular weight is 235 g/mol. The Labute approximate surface area is 97.6 Å². The SMILES string of the molecule is Cn1cc(-c2nc3c(s2)CCCC3O)cn1. The van der Waals surface area contributed by atoms with Crippen molar-refractivity contribution in [1.29, 1.82) is 0 Å². The van der Waals surface area contributed by atoms with E-state index in [4.69, 9.17) is 0 Å². The molecule has 2 aromatic rings. The Bertz CT molecular complexity index is 517. The maximum atomic E-state index is 9.85. The number of rotatable bonds is 1. The Kier molecular flexibility index (Phi) is 2.29. The molecule has 1 N–H and O–H groups in total. The topological polar surface area (TPSA) is 50.9 Å². The molecule has 0 fully saturated rings. The minimum Gasteiger partial charge on any atom is -0.387 e. The summed E-state index contributed by atoms with van der Waals surface area (Å²) in [4.78, 5) is 5.76. The van der Waals surface area contributed by atoms with Crippen molar-refractivity contribution in [1.82, 2.24) is 14.8 Å². The van der Waals surface area contributed by atoms with Crippen molar-refractivity contribution < 1.29 is 5.11 Å². The predicted octanol–water partition coefficient (Wildman–Crippen LogP) is 1.91. The first-order chi connectivity index (χ1) is 7.74. The van der Waals surface area contributed by atoms with Gasteiger partial charge in [0.2, 0.25) is 0 Å². The first kappa shape index (κ1) is 9.99. The molecule has 0 bridgehead atoms. The molecule has 0 aliphatic heterocycles. The fourth-order valence-electron chi connectivity index (χ4n) is 2.05. The number of nitrogens with zero attached hydrogens (tertiary/aromatic N) is 3. The van der Waals surface area contributed by atoms with Gasteiger partial charge in [-0.1, -0.05) is 0 Å². The maximum absolute atomic E-state index is 9.85. The number of aromatic nitrogens is 3. The van der Waals surface area contributed by atoms with Gasteiger partial charge in [-0.2, -0.15) is 5.10 Å². The van der Waals surface area contributed by atoms with Gasteiger partial charge in [-0.05, 0) is 19.3 Å². The van der Waals surface area contributed by atoms with E-state index in [2.05, 4.69) is 10.1 Å². The Morgan fingerprint density at radius 3 is 3.12 bits per heavy atom. The minimum atomic E-state index is -0.370. The molecular weight excluding hydrogens is 222 g/mol. The smallest absolute Gasteiger partial charge is 0.127 e. The van der Waals surface area contributed by atoms with Gasteiger partial charge >= 0.3 is 0 Å². The summed E-state index contributed by atoms with van der Waals surface area (Å²) in [6.45, 7) is 0. The summed E-state index contributed by atoms with van der Waals surface area (Å²) >= 11 is 1.68. The summed E-state index contributed by atoms with van der Waals surface area (Å²) in [5.74, 6) is 0. The number of hydrogen-bond acceptors (Lipinski definition) is 4. The lowest BCUT2D eigenvalue weighted by atomic mass is 10.0. The first-order valence-electron chi connectivity index (χ1n) is 5.41. The van der Waals surface area contributed by atoms with Crippen molar-refractivity contribution in [3.8, 4) is 10.6 Å². The summed E-state index contributed by atoms with van der Waals surface area (Å²) in [7, 11) is 1.89. The van der Waals surface area contributed by atoms with Crippen molar-refractivity contribution in [2.75, 3.05) is 0 Å². The first-order valence-corrected chi connectivity index (χ1v) is 6.22. The van der Waals surface area contributed by atoms with Crippen LogP contribution in [0.2, 0.25) is 0 Å². The highest BCUT2D eigenvalue weighted by atomic mass is 32.1. The van der Waals surface area contributed by atoms with Crippen LogP contribution < -0.4 is 0 Å². The van der Waals surface area contributed by atoms with E-state index in [1.54, 1.807) is 16.0 Å². The second-order valence-electron chi connectivity index (χ2n) is 4.14. The van der Waals surface area contributed by atoms with Crippen LogP contribution in [0.4, 0.5) is 0 Å². The molecule has 3 rings (SSSR count). The molecule has 2 heterocycles. The third-order valence-corrected chi connectivity index (χ3v) is 4.06. The molecule has 5 heteroatoms. The van der Waals surface area contributed by atoms with Gasteiger partial charge in [0, 0.05) is 23.7 Å². The van der Waals surface area contributed by atoms with Crippen LogP contribution >= 0.6 is 11.3 Å². The molecule has 16 heavy (non-hydrogen) atoms. The molecule has 0 spiro atoms. The van der Waals surface area contributed by atoms with Gasteiger partial charge in [-0.15, -0.1) is 11.3 Å². The van der Waals surface area contributed by atoms with Gasteiger partial charge in [-0.3, -0.25) is 4.68 Å². The molecule has 1 aliphatic rings. The Morgan fingerprint density at radius 2 is 2.44 bits per heavy atom. The zero-order valence-electron chi connectivity index (χ0n) is 9.05. The van der Waals surface area contributed by atoms with E-state index in [-0.39, 0.29) is 6.10 Å². The molecule has 4 nitrogen and oxygen atoms in total. The molecule has 84 valence electrons. The van der Waals surface area contributed by atoms with Crippen LogP contribution in [0.15, 0.2) is 12.4 Å². The highest BCUT2D eigenvalue weighted by Crippen LogP contribution is 2.36. The average Bonchev–Trinajstić information content (AvgIpc) is 2.84. The van der Waals surface area contributed by atoms with E-state index in [1.165, 1.54) is 4.88 Å². The molecule has 0 amide bonds. The van der Waals surface area contributed by atoms with Gasteiger partial charge in [0.15, 0.2) is 0 Å². The molecule has 0 saturated heterocycles. The molecular formula is C11H13N3OS. The minimum absolute atomic E-state index is 0.370. The lowest BCUT2D eigenvalue weighted by Crippen LogP contribution is -2.07. The monoisotopic (exact) mass is 235 g/mol. The van der Waals surface area contributed by atoms with E-state index in [0.29, 0.717) is 0 Å². The number of aliphatic hydroxyl groups is 1. The van der Waals surface area contributed by atoms with E-state index in [1.807, 2.05) is 19.4 Å². The molecule has 1 aliphatic carbocycles. The molecule has 1 unspecified atom stereocenters. The van der Waals surface area contributed by atoms with Gasteiger partial charge in [0.05, 0.1) is 18.0 Å². The van der Waals surface area contributed by atoms with Gasteiger partial charge in [0.1, 0.15) is 5.01 Å². The molecule has 0 radical (unpaired) electrons. The second kappa shape index (κ2) is 3.68. The molecule has 1 atom stereocenters. The van der Waals surface area contributed by atoms with Crippen LogP contribution in [0.25, 0.3) is 10.6 Å². The van der Waals surface area contributed by atoms with Gasteiger partial charge in [-0.25, -0.2) is 4.98 Å². The van der Waals surface area contributed by atoms with E-state index >= 15 is 0 Å². The zero-order valence-corrected chi connectivity index (χ0v) is 9.87. The number of thiazole rings is 1. The Morgan fingerprint density at radius 1 is 1.56 bits per heavy atom. The summed E-state index contributed by atoms with van der Waals surface area (Å²) < 4.78 is 1.77. The van der Waals surface area contributed by atoms with E-state index in [9.17, 15) is 5.11 Å². The van der Waals surface area contributed by atoms with Crippen LogP contribution in [-0.2, 0) is 13.5 Å². The highest BCUT2D eigenvalue weighted by Gasteiger charge is 2.23. The van der Waals surface area contributed by atoms with Crippen LogP contribution in [0.3, 0.4) is 0 Å². The normalized spacial score (nSPS) is 19.8. The Balaban J connectivity index is 2.04. The van der Waals surface area contributed by atoms with Crippen molar-refractivity contribution >= 4 is 11.3 Å². The lowest BCUT2D eigenvalue weighted by molar-refractivity contribution is 0.153. The summed E-state index contributed by atoms with van der Waals surface area (Å²) in [5, 5.41) is 15.0. The van der Waals surface area contributed by atoms with Gasteiger partial charge < -0.3 is 5.11 Å². The summed E-state index contributed by atoms with van der Waals surface area (Å²) in [5.41, 5.74) is 1.92. The Hall–Kier alpha value is -1.20. The van der Waals surface area contributed by atoms with Crippen LogP contribution in [0.5, 0.6) is 0 Å². The summed E-state index contributed by atoms with van der Waals surface area (Å²) in [6, 6.07) is 0. The number of aryl methyl sites for hydroxylation is 2. The molecule has 0 saturated carbocycles. The van der Waals surface area contributed by atoms with Crippen LogP contribution in [0.1, 0.15) is 29.5 Å². The van der Waals surface area contributed by atoms with E-state index in [0.717, 1.165) is 35.5 Å². The second-order valence-corrected chi connectivity index (χ2v) is 5.22. The maximum Gasteiger partial charge on any atom is 0.127 e. The van der Waals surface area contributed by atoms with Crippen LogP contribution in [-0.4, -0.2) is 19.9 Å².